The summed E-state index contributed by atoms with van der Waals surface area (Å²) in [6, 6.07) is 6.67. The smallest absolute Gasteiger partial charge is 0.262 e. The first-order valence-corrected chi connectivity index (χ1v) is 8.31. The van der Waals surface area contributed by atoms with Gasteiger partial charge in [0.2, 0.25) is 0 Å². The van der Waals surface area contributed by atoms with E-state index in [1.807, 2.05) is 6.92 Å². The Bertz CT molecular complexity index is 573. The summed E-state index contributed by atoms with van der Waals surface area (Å²) < 4.78 is 26.5. The van der Waals surface area contributed by atoms with Gasteiger partial charge in [-0.3, -0.25) is 9.71 Å². The van der Waals surface area contributed by atoms with Crippen LogP contribution in [0.3, 0.4) is 0 Å². The van der Waals surface area contributed by atoms with E-state index in [-0.39, 0.29) is 4.90 Å². The number of benzene rings is 1. The Balaban J connectivity index is 2.03. The summed E-state index contributed by atoms with van der Waals surface area (Å²) in [6.07, 6.45) is 6.08. The van der Waals surface area contributed by atoms with Crippen molar-refractivity contribution in [1.29, 1.82) is 0 Å². The van der Waals surface area contributed by atoms with E-state index in [9.17, 15) is 8.42 Å². The molecule has 0 unspecified atom stereocenters. The van der Waals surface area contributed by atoms with E-state index in [4.69, 9.17) is 5.73 Å². The molecule has 1 aliphatic carbocycles. The third-order valence-corrected chi connectivity index (χ3v) is 4.89. The van der Waals surface area contributed by atoms with Gasteiger partial charge in [-0.1, -0.05) is 24.1 Å². The number of rotatable bonds is 4. The molecule has 1 fully saturated rings. The molecule has 1 aromatic carbocycles. The molecule has 0 aliphatic heterocycles. The highest BCUT2D eigenvalue weighted by atomic mass is 32.2. The van der Waals surface area contributed by atoms with Gasteiger partial charge < -0.3 is 5.73 Å². The molecule has 110 valence electrons. The van der Waals surface area contributed by atoms with Crippen LogP contribution >= 0.6 is 0 Å². The van der Waals surface area contributed by atoms with Gasteiger partial charge in [0, 0.05) is 0 Å². The summed E-state index contributed by atoms with van der Waals surface area (Å²) in [5.41, 5.74) is 6.51. The zero-order chi connectivity index (χ0) is 14.6. The van der Waals surface area contributed by atoms with E-state index in [1.165, 1.54) is 12.8 Å². The van der Waals surface area contributed by atoms with Gasteiger partial charge in [-0.25, -0.2) is 8.42 Å². The van der Waals surface area contributed by atoms with E-state index in [0.29, 0.717) is 0 Å². The molecule has 5 nitrogen and oxygen atoms in total. The van der Waals surface area contributed by atoms with Gasteiger partial charge >= 0.3 is 0 Å². The number of sulfonamides is 1. The fraction of sp³-hybridized carbons (Fsp3) is 0.500. The minimum Gasteiger partial charge on any atom is -0.307 e. The van der Waals surface area contributed by atoms with Gasteiger partial charge in [0.1, 0.15) is 5.66 Å². The molecule has 6 heteroatoms. The summed E-state index contributed by atoms with van der Waals surface area (Å²) in [4.78, 5) is 4.43. The maximum atomic E-state index is 12.0. The zero-order valence-corrected chi connectivity index (χ0v) is 12.5. The van der Waals surface area contributed by atoms with Crippen molar-refractivity contribution in [2.24, 2.45) is 10.7 Å². The van der Waals surface area contributed by atoms with E-state index in [1.54, 1.807) is 24.3 Å². The van der Waals surface area contributed by atoms with Crippen LogP contribution in [0.4, 0.5) is 0 Å². The molecule has 0 saturated heterocycles. The first-order valence-electron chi connectivity index (χ1n) is 6.83. The molecule has 2 rings (SSSR count). The van der Waals surface area contributed by atoms with Crippen LogP contribution in [0.1, 0.15) is 37.7 Å². The van der Waals surface area contributed by atoms with Gasteiger partial charge in [-0.2, -0.15) is 0 Å². The number of hydrogen-bond acceptors (Lipinski definition) is 4. The van der Waals surface area contributed by atoms with Crippen molar-refractivity contribution in [2.45, 2.75) is 49.6 Å². The standard InChI is InChI=1S/C14H21N3O2S/c1-12-5-7-13(8-6-12)20(18,19)17-11-16-14(15)9-3-2-4-10-14/h5-8,11H,2-4,9-10,15H2,1H3,(H,16,17). The minimum atomic E-state index is -3.56. The van der Waals surface area contributed by atoms with Crippen LogP contribution in [0.2, 0.25) is 0 Å². The van der Waals surface area contributed by atoms with E-state index >= 15 is 0 Å². The normalized spacial score (nSPS) is 19.1. The first kappa shape index (κ1) is 15.0. The third kappa shape index (κ3) is 3.80. The van der Waals surface area contributed by atoms with Gasteiger partial charge in [0.05, 0.1) is 11.2 Å². The lowest BCUT2D eigenvalue weighted by Gasteiger charge is -2.28. The first-order chi connectivity index (χ1) is 9.41. The molecule has 3 N–H and O–H groups in total. The second kappa shape index (κ2) is 5.93. The van der Waals surface area contributed by atoms with Crippen molar-refractivity contribution in [1.82, 2.24) is 4.72 Å². The number of nitrogens with zero attached hydrogens (tertiary/aromatic N) is 1. The lowest BCUT2D eigenvalue weighted by Crippen LogP contribution is -2.40. The van der Waals surface area contributed by atoms with Crippen molar-refractivity contribution in [3.05, 3.63) is 29.8 Å². The van der Waals surface area contributed by atoms with E-state index in [0.717, 1.165) is 31.2 Å². The molecule has 0 bridgehead atoms. The van der Waals surface area contributed by atoms with Crippen LogP contribution in [-0.4, -0.2) is 20.4 Å². The van der Waals surface area contributed by atoms with Crippen molar-refractivity contribution in [2.75, 3.05) is 0 Å². The topological polar surface area (TPSA) is 84.5 Å². The predicted molar refractivity (Wildman–Crippen MR) is 80.0 cm³/mol. The summed E-state index contributed by atoms with van der Waals surface area (Å²) in [6.45, 7) is 1.91. The third-order valence-electron chi connectivity index (χ3n) is 3.58. The average molecular weight is 295 g/mol. The summed E-state index contributed by atoms with van der Waals surface area (Å²) in [7, 11) is -3.56. The van der Waals surface area contributed by atoms with Crippen LogP contribution in [0.15, 0.2) is 34.2 Å². The quantitative estimate of drug-likeness (QED) is 0.657. The maximum Gasteiger partial charge on any atom is 0.262 e. The van der Waals surface area contributed by atoms with E-state index < -0.39 is 15.7 Å². The molecule has 0 aromatic heterocycles. The molecular formula is C14H21N3O2S. The molecular weight excluding hydrogens is 274 g/mol. The van der Waals surface area contributed by atoms with Gasteiger partial charge in [-0.05, 0) is 44.7 Å². The Kier molecular flexibility index (Phi) is 4.45. The fourth-order valence-electron chi connectivity index (χ4n) is 2.30. The largest absolute Gasteiger partial charge is 0.307 e. The summed E-state index contributed by atoms with van der Waals surface area (Å²) >= 11 is 0. The van der Waals surface area contributed by atoms with Gasteiger partial charge in [-0.15, -0.1) is 0 Å². The summed E-state index contributed by atoms with van der Waals surface area (Å²) in [5, 5.41) is 0. The van der Waals surface area contributed by atoms with E-state index in [2.05, 4.69) is 9.71 Å². The Labute approximate surface area is 120 Å². The molecule has 1 aliphatic rings. The highest BCUT2D eigenvalue weighted by molar-refractivity contribution is 7.90. The van der Waals surface area contributed by atoms with Crippen molar-refractivity contribution >= 4 is 16.4 Å². The highest BCUT2D eigenvalue weighted by Crippen LogP contribution is 2.26. The van der Waals surface area contributed by atoms with Crippen LogP contribution in [0.25, 0.3) is 0 Å². The fourth-order valence-corrected chi connectivity index (χ4v) is 3.12. The van der Waals surface area contributed by atoms with Crippen LogP contribution < -0.4 is 10.5 Å². The number of nitrogens with two attached hydrogens (primary N) is 1. The molecule has 0 heterocycles. The molecule has 0 spiro atoms. The maximum absolute atomic E-state index is 12.0. The SMILES string of the molecule is Cc1ccc(S(=O)(=O)NC=NC2(N)CCCCC2)cc1. The Morgan fingerprint density at radius 2 is 1.80 bits per heavy atom. The lowest BCUT2D eigenvalue weighted by molar-refractivity contribution is 0.309. The molecule has 0 amide bonds. The lowest BCUT2D eigenvalue weighted by atomic mass is 9.90. The number of aliphatic imine (C=N–C) groups is 1. The number of nitrogens with one attached hydrogen (secondary N) is 1. The summed E-state index contributed by atoms with van der Waals surface area (Å²) in [5.74, 6) is 0. The average Bonchev–Trinajstić information content (AvgIpc) is 2.39. The number of hydrogen-bond donors (Lipinski definition) is 2. The highest BCUT2D eigenvalue weighted by Gasteiger charge is 2.25. The van der Waals surface area contributed by atoms with Crippen LogP contribution in [0, 0.1) is 6.92 Å². The monoisotopic (exact) mass is 295 g/mol. The Morgan fingerprint density at radius 3 is 2.40 bits per heavy atom. The second-order valence-electron chi connectivity index (χ2n) is 5.36. The van der Waals surface area contributed by atoms with Crippen molar-refractivity contribution < 1.29 is 8.42 Å². The Morgan fingerprint density at radius 1 is 1.20 bits per heavy atom. The molecule has 0 atom stereocenters. The second-order valence-corrected chi connectivity index (χ2v) is 7.07. The number of aryl methyl sites for hydroxylation is 1. The van der Waals surface area contributed by atoms with Gasteiger partial charge in [0.15, 0.2) is 0 Å². The Hall–Kier alpha value is -1.40. The predicted octanol–water partition coefficient (Wildman–Crippen LogP) is 1.92. The van der Waals surface area contributed by atoms with Crippen LogP contribution in [-0.2, 0) is 10.0 Å². The minimum absolute atomic E-state index is 0.226. The molecule has 1 aromatic rings. The zero-order valence-electron chi connectivity index (χ0n) is 11.7. The van der Waals surface area contributed by atoms with Crippen molar-refractivity contribution in [3.63, 3.8) is 0 Å². The van der Waals surface area contributed by atoms with Crippen molar-refractivity contribution in [3.8, 4) is 0 Å². The molecule has 1 saturated carbocycles. The van der Waals surface area contributed by atoms with Gasteiger partial charge in [0.25, 0.3) is 10.0 Å². The molecule has 20 heavy (non-hydrogen) atoms. The van der Waals surface area contributed by atoms with Crippen LogP contribution in [0.5, 0.6) is 0 Å². The molecule has 0 radical (unpaired) electrons.